The number of carbonyl (C=O) groups is 2. The van der Waals surface area contributed by atoms with Gasteiger partial charge in [-0.15, -0.1) is 0 Å². The van der Waals surface area contributed by atoms with Gasteiger partial charge in [0, 0.05) is 98.5 Å². The van der Waals surface area contributed by atoms with E-state index in [1.54, 1.807) is 60.7 Å². The van der Waals surface area contributed by atoms with Gasteiger partial charge in [0.1, 0.15) is 34.7 Å². The Morgan fingerprint density at radius 3 is 1.63 bits per heavy atom. The van der Waals surface area contributed by atoms with Gasteiger partial charge in [-0.3, -0.25) is 14.6 Å². The van der Waals surface area contributed by atoms with Crippen LogP contribution in [0.1, 0.15) is 33.2 Å². The molecule has 360 valence electrons. The molecule has 2 fully saturated rings. The van der Waals surface area contributed by atoms with Crippen LogP contribution in [-0.4, -0.2) is 117 Å². The number of anilines is 3. The summed E-state index contributed by atoms with van der Waals surface area (Å²) in [5.41, 5.74) is 7.09. The molecule has 14 nitrogen and oxygen atoms in total. The van der Waals surface area contributed by atoms with Crippen molar-refractivity contribution in [2.45, 2.75) is 18.9 Å². The fourth-order valence-corrected chi connectivity index (χ4v) is 9.66. The average molecular weight is 962 g/mol. The van der Waals surface area contributed by atoms with Gasteiger partial charge in [0.05, 0.1) is 5.56 Å². The maximum Gasteiger partial charge on any atom is 0.339 e. The van der Waals surface area contributed by atoms with E-state index in [0.29, 0.717) is 73.2 Å². The van der Waals surface area contributed by atoms with Crippen LogP contribution in [-0.2, 0) is 22.4 Å². The number of rotatable bonds is 13. The smallest absolute Gasteiger partial charge is 0.339 e. The normalized spacial score (nSPS) is 15.3. The molecule has 71 heavy (non-hydrogen) atoms. The number of fused-ring (bicyclic) bond motifs is 6. The summed E-state index contributed by atoms with van der Waals surface area (Å²) in [7, 11) is 0. The molecule has 11 rings (SSSR count). The Bertz CT molecular complexity index is 3450. The van der Waals surface area contributed by atoms with Crippen LogP contribution in [0.15, 0.2) is 116 Å². The number of aromatic nitrogens is 6. The van der Waals surface area contributed by atoms with Crippen LogP contribution in [0.4, 0.5) is 34.9 Å². The van der Waals surface area contributed by atoms with E-state index in [0.717, 1.165) is 89.0 Å². The second-order valence-electron chi connectivity index (χ2n) is 18.0. The Kier molecular flexibility index (Phi) is 12.5. The highest BCUT2D eigenvalue weighted by Crippen LogP contribution is 2.34. The molecule has 18 heteroatoms. The lowest BCUT2D eigenvalue weighted by Gasteiger charge is -2.35. The summed E-state index contributed by atoms with van der Waals surface area (Å²) in [5, 5.41) is 4.45. The summed E-state index contributed by atoms with van der Waals surface area (Å²) in [5.74, 6) is -3.11. The zero-order chi connectivity index (χ0) is 48.6. The first-order chi connectivity index (χ1) is 34.6. The van der Waals surface area contributed by atoms with Crippen LogP contribution in [0.5, 0.6) is 0 Å². The number of nitrogens with zero attached hydrogens (tertiary/aromatic N) is 8. The number of amides is 1. The number of piperazine rings is 2. The van der Waals surface area contributed by atoms with E-state index in [4.69, 9.17) is 4.74 Å². The zero-order valence-corrected chi connectivity index (χ0v) is 38.3. The van der Waals surface area contributed by atoms with Crippen molar-refractivity contribution in [2.24, 2.45) is 0 Å². The summed E-state index contributed by atoms with van der Waals surface area (Å²) in [6.45, 7) is 7.27. The molecule has 6 heterocycles. The minimum Gasteiger partial charge on any atom is -0.444 e. The number of carbonyl (C=O) groups excluding carboxylic acids is 2. The maximum absolute atomic E-state index is 14.2. The summed E-state index contributed by atoms with van der Waals surface area (Å²) in [6, 6.07) is 27.6. The topological polar surface area (TPSA) is 151 Å². The van der Waals surface area contributed by atoms with E-state index in [9.17, 15) is 27.2 Å². The standard InChI is InChI=1S/C53H47F4N11O3/c54-39-10-6-32(26-41(39)56)14-16-65-18-22-67(23-19-65)50-47-45(58-30-60-50)37-28-35(8-12-43(37)63-47)53(70)71-49(34-4-2-1-3-5-34)52(69)62-36-9-13-44-38(29-36)46-48(64-44)51(61-31-59-46)68-24-20-66(21-25-68)17-15-33-7-11-40(55)42(57)27-33/h1-13,26-31,49,63-64H,14-25H2,(H,62,69). The van der Waals surface area contributed by atoms with E-state index in [1.165, 1.54) is 30.9 Å². The molecule has 0 saturated carbocycles. The minimum atomic E-state index is -1.30. The van der Waals surface area contributed by atoms with Crippen molar-refractivity contribution < 1.29 is 31.9 Å². The summed E-state index contributed by atoms with van der Waals surface area (Å²) >= 11 is 0. The van der Waals surface area contributed by atoms with Gasteiger partial charge in [-0.2, -0.15) is 0 Å². The fraction of sp³-hybridized carbons (Fsp3) is 0.245. The van der Waals surface area contributed by atoms with Crippen molar-refractivity contribution >= 4 is 73.1 Å². The first-order valence-electron chi connectivity index (χ1n) is 23.5. The van der Waals surface area contributed by atoms with Gasteiger partial charge in [-0.25, -0.2) is 42.3 Å². The predicted octanol–water partition coefficient (Wildman–Crippen LogP) is 8.36. The predicted molar refractivity (Wildman–Crippen MR) is 263 cm³/mol. The fourth-order valence-electron chi connectivity index (χ4n) is 9.66. The third-order valence-electron chi connectivity index (χ3n) is 13.5. The van der Waals surface area contributed by atoms with E-state index < -0.39 is 41.2 Å². The molecule has 0 spiro atoms. The maximum atomic E-state index is 14.2. The van der Waals surface area contributed by atoms with Gasteiger partial charge < -0.3 is 29.8 Å². The molecule has 1 atom stereocenters. The second-order valence-corrected chi connectivity index (χ2v) is 18.0. The Morgan fingerprint density at radius 2 is 1.10 bits per heavy atom. The number of hydrogen-bond acceptors (Lipinski definition) is 11. The highest BCUT2D eigenvalue weighted by molar-refractivity contribution is 6.11. The Morgan fingerprint density at radius 1 is 0.577 bits per heavy atom. The number of nitrogens with one attached hydrogen (secondary N) is 3. The number of H-pyrrole nitrogens is 2. The van der Waals surface area contributed by atoms with Crippen molar-refractivity contribution in [1.82, 2.24) is 39.7 Å². The molecule has 1 amide bonds. The largest absolute Gasteiger partial charge is 0.444 e. The van der Waals surface area contributed by atoms with Crippen molar-refractivity contribution in [2.75, 3.05) is 80.6 Å². The summed E-state index contributed by atoms with van der Waals surface area (Å²) in [4.78, 5) is 62.7. The summed E-state index contributed by atoms with van der Waals surface area (Å²) < 4.78 is 60.4. The minimum absolute atomic E-state index is 0.237. The van der Waals surface area contributed by atoms with Gasteiger partial charge in [-0.05, 0) is 84.6 Å². The van der Waals surface area contributed by atoms with Crippen molar-refractivity contribution in [3.8, 4) is 0 Å². The molecule has 2 aliphatic rings. The van der Waals surface area contributed by atoms with Gasteiger partial charge in [0.25, 0.3) is 5.91 Å². The monoisotopic (exact) mass is 961 g/mol. The highest BCUT2D eigenvalue weighted by atomic mass is 19.2. The average Bonchev–Trinajstić information content (AvgIpc) is 3.97. The van der Waals surface area contributed by atoms with Crippen LogP contribution < -0.4 is 15.1 Å². The molecule has 3 N–H and O–H groups in total. The molecular formula is C53H47F4N11O3. The lowest BCUT2D eigenvalue weighted by Crippen LogP contribution is -2.47. The molecule has 2 aliphatic heterocycles. The van der Waals surface area contributed by atoms with Gasteiger partial charge >= 0.3 is 5.97 Å². The molecule has 0 radical (unpaired) electrons. The quantitative estimate of drug-likeness (QED) is 0.0756. The van der Waals surface area contributed by atoms with Gasteiger partial charge in [0.15, 0.2) is 34.9 Å². The molecule has 0 aliphatic carbocycles. The third-order valence-corrected chi connectivity index (χ3v) is 13.5. The molecular weight excluding hydrogens is 915 g/mol. The number of aromatic amines is 2. The van der Waals surface area contributed by atoms with E-state index in [2.05, 4.69) is 54.8 Å². The van der Waals surface area contributed by atoms with E-state index in [-0.39, 0.29) is 5.56 Å². The SMILES string of the molecule is O=C(OC(C(=O)Nc1ccc2[nH]c3c(N4CCN(CCc5ccc(F)c(F)c5)CC4)ncnc3c2c1)c1ccccc1)c1ccc2[nH]c3c(N4CCN(CCc5ccc(F)c(F)c5)CC4)ncnc3c2c1. The molecule has 9 aromatic rings. The van der Waals surface area contributed by atoms with Crippen LogP contribution in [0, 0.1) is 23.3 Å². The van der Waals surface area contributed by atoms with E-state index in [1.807, 2.05) is 18.2 Å². The molecule has 4 aromatic heterocycles. The molecule has 0 bridgehead atoms. The molecule has 1 unspecified atom stereocenters. The third kappa shape index (κ3) is 9.43. The van der Waals surface area contributed by atoms with Gasteiger partial charge in [-0.1, -0.05) is 42.5 Å². The lowest BCUT2D eigenvalue weighted by molar-refractivity contribution is -0.125. The van der Waals surface area contributed by atoms with Crippen LogP contribution >= 0.6 is 0 Å². The first-order valence-corrected chi connectivity index (χ1v) is 23.5. The van der Waals surface area contributed by atoms with Crippen LogP contribution in [0.3, 0.4) is 0 Å². The molecule has 2 saturated heterocycles. The second kappa shape index (κ2) is 19.4. The molecule has 5 aromatic carbocycles. The van der Waals surface area contributed by atoms with E-state index >= 15 is 0 Å². The lowest BCUT2D eigenvalue weighted by atomic mass is 10.1. The van der Waals surface area contributed by atoms with Gasteiger partial charge in [0.2, 0.25) is 6.10 Å². The Labute approximate surface area is 404 Å². The summed E-state index contributed by atoms with van der Waals surface area (Å²) in [6.07, 6.45) is 2.97. The zero-order valence-electron chi connectivity index (χ0n) is 38.3. The number of hydrogen-bond donors (Lipinski definition) is 3. The van der Waals surface area contributed by atoms with Crippen LogP contribution in [0.2, 0.25) is 0 Å². The van der Waals surface area contributed by atoms with Crippen LogP contribution in [0.25, 0.3) is 43.9 Å². The number of halogens is 4. The number of ether oxygens (including phenoxy) is 1. The number of esters is 1. The first kappa shape index (κ1) is 45.5. The highest BCUT2D eigenvalue weighted by Gasteiger charge is 2.28. The van der Waals surface area contributed by atoms with Crippen molar-refractivity contribution in [3.63, 3.8) is 0 Å². The Hall–Kier alpha value is -7.96. The Balaban J connectivity index is 0.765. The number of benzene rings is 5. The van der Waals surface area contributed by atoms with Crippen molar-refractivity contribution in [1.29, 1.82) is 0 Å². The van der Waals surface area contributed by atoms with Crippen molar-refractivity contribution in [3.05, 3.63) is 161 Å².